The highest BCUT2D eigenvalue weighted by Gasteiger charge is 2.29. The molecule has 2 aromatic heterocycles. The number of nitrogens with zero attached hydrogens (tertiary/aromatic N) is 6. The van der Waals surface area contributed by atoms with Crippen LogP contribution in [0.2, 0.25) is 0 Å². The number of hydrazine groups is 1. The normalized spacial score (nSPS) is 21.5. The Bertz CT molecular complexity index is 601. The molecule has 3 N–H and O–H groups in total. The van der Waals surface area contributed by atoms with E-state index in [2.05, 4.69) is 25.5 Å². The molecule has 0 amide bonds. The number of hydrogen-bond donors (Lipinski definition) is 2. The lowest BCUT2D eigenvalue weighted by atomic mass is 10.1. The molecule has 2 atom stereocenters. The standard InChI is InChI=1S/C12H18N8O/c1-8-9(4-7-21-8)19(2)11-15-10(18-13)16-12(17-11)20-6-3-5-14-20/h3,5-6,8-9H,4,7,13H2,1-2H3,(H,15,16,17,18). The molecule has 112 valence electrons. The SMILES string of the molecule is CC1OCCC1N(C)c1nc(NN)nc(-n2cccn2)n1. The summed E-state index contributed by atoms with van der Waals surface area (Å²) in [7, 11) is 1.94. The molecule has 1 aliphatic heterocycles. The molecule has 0 bridgehead atoms. The Morgan fingerprint density at radius 1 is 1.43 bits per heavy atom. The Balaban J connectivity index is 1.96. The Hall–Kier alpha value is -2.26. The summed E-state index contributed by atoms with van der Waals surface area (Å²) in [6.07, 6.45) is 4.50. The summed E-state index contributed by atoms with van der Waals surface area (Å²) in [4.78, 5) is 15.0. The number of nitrogens with two attached hydrogens (primary N) is 1. The molecule has 9 nitrogen and oxygen atoms in total. The van der Waals surface area contributed by atoms with Gasteiger partial charge in [-0.25, -0.2) is 10.5 Å². The molecule has 0 aliphatic carbocycles. The fourth-order valence-corrected chi connectivity index (χ4v) is 2.44. The highest BCUT2D eigenvalue weighted by Crippen LogP contribution is 2.22. The van der Waals surface area contributed by atoms with Gasteiger partial charge in [-0.1, -0.05) is 0 Å². The third-order valence-corrected chi connectivity index (χ3v) is 3.60. The first-order valence-electron chi connectivity index (χ1n) is 6.76. The molecular weight excluding hydrogens is 272 g/mol. The van der Waals surface area contributed by atoms with E-state index in [9.17, 15) is 0 Å². The van der Waals surface area contributed by atoms with Crippen molar-refractivity contribution in [3.05, 3.63) is 18.5 Å². The van der Waals surface area contributed by atoms with E-state index in [1.807, 2.05) is 18.9 Å². The zero-order chi connectivity index (χ0) is 14.8. The Kier molecular flexibility index (Phi) is 3.67. The van der Waals surface area contributed by atoms with E-state index in [4.69, 9.17) is 10.6 Å². The summed E-state index contributed by atoms with van der Waals surface area (Å²) in [5.74, 6) is 6.69. The Morgan fingerprint density at radius 3 is 2.90 bits per heavy atom. The molecule has 0 saturated carbocycles. The Labute approximate surface area is 122 Å². The van der Waals surface area contributed by atoms with Crippen molar-refractivity contribution in [1.82, 2.24) is 24.7 Å². The van der Waals surface area contributed by atoms with Gasteiger partial charge in [0.25, 0.3) is 5.95 Å². The molecule has 2 unspecified atom stereocenters. The minimum absolute atomic E-state index is 0.134. The molecule has 1 fully saturated rings. The van der Waals surface area contributed by atoms with Crippen LogP contribution >= 0.6 is 0 Å². The van der Waals surface area contributed by atoms with Gasteiger partial charge in [-0.05, 0) is 19.4 Å². The van der Waals surface area contributed by atoms with Gasteiger partial charge in [-0.2, -0.15) is 20.1 Å². The number of likely N-dealkylation sites (N-methyl/N-ethyl adjacent to an activating group) is 1. The van der Waals surface area contributed by atoms with Gasteiger partial charge in [0.2, 0.25) is 11.9 Å². The first-order chi connectivity index (χ1) is 10.2. The number of rotatable bonds is 4. The van der Waals surface area contributed by atoms with Crippen LogP contribution in [-0.4, -0.2) is 50.5 Å². The van der Waals surface area contributed by atoms with Gasteiger partial charge in [0.05, 0.1) is 12.1 Å². The van der Waals surface area contributed by atoms with Crippen molar-refractivity contribution in [2.75, 3.05) is 24.0 Å². The fraction of sp³-hybridized carbons (Fsp3) is 0.500. The number of hydrogen-bond acceptors (Lipinski definition) is 8. The third kappa shape index (κ3) is 2.65. The van der Waals surface area contributed by atoms with Crippen LogP contribution in [-0.2, 0) is 4.74 Å². The van der Waals surface area contributed by atoms with Crippen LogP contribution in [0.25, 0.3) is 5.95 Å². The maximum atomic E-state index is 5.60. The van der Waals surface area contributed by atoms with Crippen molar-refractivity contribution in [3.63, 3.8) is 0 Å². The van der Waals surface area contributed by atoms with Gasteiger partial charge in [-0.3, -0.25) is 5.43 Å². The first-order valence-corrected chi connectivity index (χ1v) is 6.76. The van der Waals surface area contributed by atoms with Crippen molar-refractivity contribution in [2.24, 2.45) is 5.84 Å². The molecular formula is C12H18N8O. The van der Waals surface area contributed by atoms with Gasteiger partial charge >= 0.3 is 0 Å². The lowest BCUT2D eigenvalue weighted by Crippen LogP contribution is -2.38. The van der Waals surface area contributed by atoms with Crippen molar-refractivity contribution in [2.45, 2.75) is 25.5 Å². The summed E-state index contributed by atoms with van der Waals surface area (Å²) in [5, 5.41) is 4.13. The van der Waals surface area contributed by atoms with E-state index in [1.165, 1.54) is 0 Å². The van der Waals surface area contributed by atoms with E-state index in [-0.39, 0.29) is 12.1 Å². The maximum Gasteiger partial charge on any atom is 0.257 e. The molecule has 0 aromatic carbocycles. The summed E-state index contributed by atoms with van der Waals surface area (Å²) in [5.41, 5.74) is 2.47. The molecule has 21 heavy (non-hydrogen) atoms. The van der Waals surface area contributed by atoms with Gasteiger partial charge in [0.15, 0.2) is 0 Å². The molecule has 3 rings (SSSR count). The number of nitrogen functional groups attached to an aromatic ring is 1. The molecule has 2 aromatic rings. The van der Waals surface area contributed by atoms with E-state index < -0.39 is 0 Å². The third-order valence-electron chi connectivity index (χ3n) is 3.60. The van der Waals surface area contributed by atoms with Crippen LogP contribution in [0.1, 0.15) is 13.3 Å². The second-order valence-electron chi connectivity index (χ2n) is 4.90. The first kappa shape index (κ1) is 13.7. The van der Waals surface area contributed by atoms with Crippen LogP contribution in [0.4, 0.5) is 11.9 Å². The zero-order valence-electron chi connectivity index (χ0n) is 12.0. The molecule has 1 saturated heterocycles. The van der Waals surface area contributed by atoms with Crippen LogP contribution in [0, 0.1) is 0 Å². The zero-order valence-corrected chi connectivity index (χ0v) is 12.0. The summed E-state index contributed by atoms with van der Waals surface area (Å²) < 4.78 is 7.16. The average molecular weight is 290 g/mol. The summed E-state index contributed by atoms with van der Waals surface area (Å²) in [6, 6.07) is 2.03. The number of ether oxygens (including phenoxy) is 1. The predicted octanol–water partition coefficient (Wildman–Crippen LogP) is -0.0435. The highest BCUT2D eigenvalue weighted by atomic mass is 16.5. The van der Waals surface area contributed by atoms with Crippen LogP contribution in [0.3, 0.4) is 0 Å². The molecule has 0 radical (unpaired) electrons. The predicted molar refractivity (Wildman–Crippen MR) is 77.0 cm³/mol. The number of aromatic nitrogens is 5. The Morgan fingerprint density at radius 2 is 2.29 bits per heavy atom. The van der Waals surface area contributed by atoms with Crippen LogP contribution in [0.5, 0.6) is 0 Å². The van der Waals surface area contributed by atoms with Gasteiger partial charge < -0.3 is 9.64 Å². The van der Waals surface area contributed by atoms with E-state index in [0.29, 0.717) is 17.8 Å². The lowest BCUT2D eigenvalue weighted by Gasteiger charge is -2.26. The fourth-order valence-electron chi connectivity index (χ4n) is 2.44. The van der Waals surface area contributed by atoms with Crippen molar-refractivity contribution >= 4 is 11.9 Å². The van der Waals surface area contributed by atoms with E-state index >= 15 is 0 Å². The smallest absolute Gasteiger partial charge is 0.257 e. The van der Waals surface area contributed by atoms with Gasteiger partial charge in [0, 0.05) is 26.0 Å². The minimum Gasteiger partial charge on any atom is -0.376 e. The van der Waals surface area contributed by atoms with Gasteiger partial charge in [-0.15, -0.1) is 0 Å². The largest absolute Gasteiger partial charge is 0.376 e. The number of nitrogens with one attached hydrogen (secondary N) is 1. The second kappa shape index (κ2) is 5.62. The molecule has 1 aliphatic rings. The summed E-state index contributed by atoms with van der Waals surface area (Å²) >= 11 is 0. The van der Waals surface area contributed by atoms with Crippen molar-refractivity contribution < 1.29 is 4.74 Å². The van der Waals surface area contributed by atoms with Crippen LogP contribution < -0.4 is 16.2 Å². The molecule has 0 spiro atoms. The van der Waals surface area contributed by atoms with Crippen molar-refractivity contribution in [1.29, 1.82) is 0 Å². The van der Waals surface area contributed by atoms with Crippen molar-refractivity contribution in [3.8, 4) is 5.95 Å². The minimum atomic E-state index is 0.134. The van der Waals surface area contributed by atoms with E-state index in [1.54, 1.807) is 23.1 Å². The molecule has 9 heteroatoms. The average Bonchev–Trinajstić information content (AvgIpc) is 3.17. The quantitative estimate of drug-likeness (QED) is 0.596. The van der Waals surface area contributed by atoms with Crippen LogP contribution in [0.15, 0.2) is 18.5 Å². The topological polar surface area (TPSA) is 107 Å². The van der Waals surface area contributed by atoms with E-state index in [0.717, 1.165) is 13.0 Å². The van der Waals surface area contributed by atoms with Gasteiger partial charge in [0.1, 0.15) is 0 Å². The lowest BCUT2D eigenvalue weighted by molar-refractivity contribution is 0.118. The number of anilines is 2. The second-order valence-corrected chi connectivity index (χ2v) is 4.90. The molecule has 3 heterocycles. The maximum absolute atomic E-state index is 5.60. The highest BCUT2D eigenvalue weighted by molar-refractivity contribution is 5.40. The monoisotopic (exact) mass is 290 g/mol. The summed E-state index contributed by atoms with van der Waals surface area (Å²) in [6.45, 7) is 2.79.